The van der Waals surface area contributed by atoms with Crippen molar-refractivity contribution in [2.75, 3.05) is 13.2 Å². The molecule has 0 radical (unpaired) electrons. The van der Waals surface area contributed by atoms with Crippen molar-refractivity contribution in [3.05, 3.63) is 146 Å². The summed E-state index contributed by atoms with van der Waals surface area (Å²) in [6, 6.07) is 0. The molecule has 0 saturated carbocycles. The van der Waals surface area contributed by atoms with E-state index in [1.165, 1.54) is 38.5 Å². The van der Waals surface area contributed by atoms with Gasteiger partial charge in [-0.2, -0.15) is 0 Å². The predicted molar refractivity (Wildman–Crippen MR) is 292 cm³/mol. The number of carbonyl (C=O) groups is 3. The predicted octanol–water partition coefficient (Wildman–Crippen LogP) is 18.0. The van der Waals surface area contributed by atoms with Gasteiger partial charge in [0.15, 0.2) is 6.10 Å². The van der Waals surface area contributed by atoms with Crippen molar-refractivity contribution >= 4 is 17.9 Å². The first kappa shape index (κ1) is 63.3. The van der Waals surface area contributed by atoms with E-state index in [0.29, 0.717) is 19.3 Å². The molecule has 0 heterocycles. The lowest BCUT2D eigenvalue weighted by Crippen LogP contribution is -2.30. The molecule has 1 unspecified atom stereocenters. The number of unbranched alkanes of at least 4 members (excludes halogenated alkanes) is 15. The molecule has 68 heavy (non-hydrogen) atoms. The van der Waals surface area contributed by atoms with Crippen LogP contribution in [-0.2, 0) is 28.6 Å². The first-order valence-electron chi connectivity index (χ1n) is 26.9. The van der Waals surface area contributed by atoms with Crippen LogP contribution in [0.15, 0.2) is 146 Å². The Kier molecular flexibility index (Phi) is 51.1. The lowest BCUT2D eigenvalue weighted by molar-refractivity contribution is -0.167. The summed E-state index contributed by atoms with van der Waals surface area (Å²) in [5.74, 6) is -1.00. The molecule has 0 aliphatic rings. The topological polar surface area (TPSA) is 78.9 Å². The summed E-state index contributed by atoms with van der Waals surface area (Å²) in [5, 5.41) is 0. The Morgan fingerprint density at radius 1 is 0.309 bits per heavy atom. The third kappa shape index (κ3) is 52.3. The molecule has 0 bridgehead atoms. The molecule has 0 spiro atoms. The summed E-state index contributed by atoms with van der Waals surface area (Å²) in [5.41, 5.74) is 0. The van der Waals surface area contributed by atoms with Gasteiger partial charge in [0.25, 0.3) is 0 Å². The third-order valence-electron chi connectivity index (χ3n) is 10.7. The summed E-state index contributed by atoms with van der Waals surface area (Å²) < 4.78 is 16.8. The fourth-order valence-corrected chi connectivity index (χ4v) is 6.76. The molecule has 0 N–H and O–H groups in total. The van der Waals surface area contributed by atoms with E-state index in [0.717, 1.165) is 122 Å². The molecule has 0 aromatic rings. The standard InChI is InChI=1S/C62H96O6/c1-4-7-10-13-16-19-22-25-28-30-31-32-35-37-40-43-46-49-52-55-61(64)67-58-59(57-66-60(63)54-51-48-45-42-39-36-33-27-24-21-18-15-12-9-6-3)68-62(65)56-53-50-47-44-41-38-34-29-26-23-20-17-14-11-8-5-2/h7-12,15-21,24-29,33,36,38-39,41,59H,4-6,13-14,22-23,30-32,34-35,37,40,42-58H2,1-3H3/b10-7-,11-8-,12-9-,18-15-,19-16-,20-17-,24-21-,28-25-,29-26-,33-27-,39-36-,41-38-. The highest BCUT2D eigenvalue weighted by molar-refractivity contribution is 5.71. The quantitative estimate of drug-likeness (QED) is 0.0199. The summed E-state index contributed by atoms with van der Waals surface area (Å²) in [6.07, 6.45) is 78.3. The second kappa shape index (κ2) is 54.9. The highest BCUT2D eigenvalue weighted by Crippen LogP contribution is 2.13. The van der Waals surface area contributed by atoms with E-state index >= 15 is 0 Å². The van der Waals surface area contributed by atoms with Crippen LogP contribution >= 0.6 is 0 Å². The number of rotatable bonds is 46. The summed E-state index contributed by atoms with van der Waals surface area (Å²) in [6.45, 7) is 6.18. The second-order valence-electron chi connectivity index (χ2n) is 17.1. The molecule has 0 aliphatic carbocycles. The Bertz CT molecular complexity index is 1540. The molecule has 6 nitrogen and oxygen atoms in total. The fraction of sp³-hybridized carbons (Fsp3) is 0.565. The second-order valence-corrected chi connectivity index (χ2v) is 17.1. The van der Waals surface area contributed by atoms with E-state index in [9.17, 15) is 14.4 Å². The van der Waals surface area contributed by atoms with Gasteiger partial charge in [-0.05, 0) is 109 Å². The molecule has 380 valence electrons. The number of hydrogen-bond acceptors (Lipinski definition) is 6. The van der Waals surface area contributed by atoms with E-state index in [1.54, 1.807) is 0 Å². The van der Waals surface area contributed by atoms with Crippen LogP contribution in [0.2, 0.25) is 0 Å². The van der Waals surface area contributed by atoms with Crippen molar-refractivity contribution in [3.63, 3.8) is 0 Å². The molecule has 0 aliphatic heterocycles. The number of carbonyl (C=O) groups excluding carboxylic acids is 3. The maximum absolute atomic E-state index is 12.8. The van der Waals surface area contributed by atoms with Gasteiger partial charge in [0.1, 0.15) is 13.2 Å². The van der Waals surface area contributed by atoms with Gasteiger partial charge in [-0.1, -0.05) is 224 Å². The molecule has 6 heteroatoms. The fourth-order valence-electron chi connectivity index (χ4n) is 6.76. The number of esters is 3. The highest BCUT2D eigenvalue weighted by Gasteiger charge is 2.19. The normalized spacial score (nSPS) is 13.3. The minimum atomic E-state index is -0.821. The van der Waals surface area contributed by atoms with Gasteiger partial charge >= 0.3 is 17.9 Å². The Labute approximate surface area is 417 Å². The summed E-state index contributed by atoms with van der Waals surface area (Å²) >= 11 is 0. The van der Waals surface area contributed by atoms with Crippen molar-refractivity contribution < 1.29 is 28.6 Å². The minimum absolute atomic E-state index is 0.114. The largest absolute Gasteiger partial charge is 0.462 e. The minimum Gasteiger partial charge on any atom is -0.462 e. The van der Waals surface area contributed by atoms with Crippen molar-refractivity contribution in [1.82, 2.24) is 0 Å². The van der Waals surface area contributed by atoms with E-state index in [2.05, 4.69) is 118 Å². The van der Waals surface area contributed by atoms with Gasteiger partial charge in [-0.15, -0.1) is 0 Å². The van der Waals surface area contributed by atoms with Crippen molar-refractivity contribution in [2.45, 2.75) is 213 Å². The molecule has 0 aromatic carbocycles. The lowest BCUT2D eigenvalue weighted by Gasteiger charge is -2.18. The summed E-state index contributed by atoms with van der Waals surface area (Å²) in [7, 11) is 0. The van der Waals surface area contributed by atoms with E-state index < -0.39 is 6.10 Å². The molecule has 0 rings (SSSR count). The maximum atomic E-state index is 12.8. The summed E-state index contributed by atoms with van der Waals surface area (Å²) in [4.78, 5) is 38.1. The molecule has 0 fully saturated rings. The van der Waals surface area contributed by atoms with Crippen LogP contribution in [0.5, 0.6) is 0 Å². The zero-order valence-corrected chi connectivity index (χ0v) is 43.3. The van der Waals surface area contributed by atoms with Gasteiger partial charge in [0.05, 0.1) is 0 Å². The van der Waals surface area contributed by atoms with Crippen LogP contribution in [0.3, 0.4) is 0 Å². The molecule has 0 amide bonds. The van der Waals surface area contributed by atoms with Crippen LogP contribution in [-0.4, -0.2) is 37.2 Å². The van der Waals surface area contributed by atoms with Crippen molar-refractivity contribution in [3.8, 4) is 0 Å². The van der Waals surface area contributed by atoms with E-state index in [1.807, 2.05) is 48.6 Å². The smallest absolute Gasteiger partial charge is 0.306 e. The number of hydrogen-bond donors (Lipinski definition) is 0. The van der Waals surface area contributed by atoms with Crippen LogP contribution in [0.4, 0.5) is 0 Å². The average molecular weight is 937 g/mol. The van der Waals surface area contributed by atoms with Gasteiger partial charge in [-0.25, -0.2) is 0 Å². The molecule has 0 saturated heterocycles. The van der Waals surface area contributed by atoms with Gasteiger partial charge in [0.2, 0.25) is 0 Å². The van der Waals surface area contributed by atoms with Gasteiger partial charge < -0.3 is 14.2 Å². The molecular weight excluding hydrogens is 841 g/mol. The van der Waals surface area contributed by atoms with Crippen molar-refractivity contribution in [2.24, 2.45) is 0 Å². The molecule has 0 aromatic heterocycles. The van der Waals surface area contributed by atoms with Gasteiger partial charge in [-0.3, -0.25) is 14.4 Å². The van der Waals surface area contributed by atoms with Gasteiger partial charge in [0, 0.05) is 19.3 Å². The maximum Gasteiger partial charge on any atom is 0.306 e. The number of allylic oxidation sites excluding steroid dienone is 24. The lowest BCUT2D eigenvalue weighted by atomic mass is 10.1. The van der Waals surface area contributed by atoms with Crippen LogP contribution in [0.25, 0.3) is 0 Å². The monoisotopic (exact) mass is 937 g/mol. The Balaban J connectivity index is 4.53. The van der Waals surface area contributed by atoms with Crippen molar-refractivity contribution in [1.29, 1.82) is 0 Å². The molecule has 1 atom stereocenters. The SMILES string of the molecule is CC\C=C/C=C\C=C/C=C\C=C/CCCCCC(=O)OCC(COC(=O)CCCCCCCCCCC/C=C\C/C=C\C/C=C\CC)OC(=O)CCCCC/C=C\C/C=C\C/C=C\C/C=C\CC. The van der Waals surface area contributed by atoms with E-state index in [-0.39, 0.29) is 37.5 Å². The average Bonchev–Trinajstić information content (AvgIpc) is 3.34. The highest BCUT2D eigenvalue weighted by atomic mass is 16.6. The van der Waals surface area contributed by atoms with Crippen LogP contribution < -0.4 is 0 Å². The Morgan fingerprint density at radius 3 is 1.01 bits per heavy atom. The Morgan fingerprint density at radius 2 is 0.603 bits per heavy atom. The Hall–Kier alpha value is -4.71. The zero-order valence-electron chi connectivity index (χ0n) is 43.3. The number of ether oxygens (including phenoxy) is 3. The van der Waals surface area contributed by atoms with Crippen LogP contribution in [0, 0.1) is 0 Å². The van der Waals surface area contributed by atoms with E-state index in [4.69, 9.17) is 14.2 Å². The zero-order chi connectivity index (χ0) is 49.3. The molecular formula is C62H96O6. The van der Waals surface area contributed by atoms with Crippen LogP contribution in [0.1, 0.15) is 207 Å². The third-order valence-corrected chi connectivity index (χ3v) is 10.7. The first-order valence-corrected chi connectivity index (χ1v) is 26.9. The first-order chi connectivity index (χ1) is 33.5.